The van der Waals surface area contributed by atoms with E-state index in [1.807, 2.05) is 0 Å². The quantitative estimate of drug-likeness (QED) is 0.615. The molecule has 0 aromatic heterocycles. The number of likely N-dealkylation sites (N-methyl/N-ethyl adjacent to an activating group) is 1. The van der Waals surface area contributed by atoms with E-state index < -0.39 is 0 Å². The second-order valence-electron chi connectivity index (χ2n) is 8.21. The fourth-order valence-corrected chi connectivity index (χ4v) is 2.49. The van der Waals surface area contributed by atoms with Crippen molar-refractivity contribution in [2.45, 2.75) is 72.6 Å². The van der Waals surface area contributed by atoms with Crippen molar-refractivity contribution in [3.05, 3.63) is 0 Å². The molecule has 0 unspecified atom stereocenters. The smallest absolute Gasteiger partial charge is 0.102 e. The Hall–Kier alpha value is -0.160. The molecule has 0 aliphatic carbocycles. The summed E-state index contributed by atoms with van der Waals surface area (Å²) in [7, 11) is 4.21. The summed E-state index contributed by atoms with van der Waals surface area (Å²) < 4.78 is 0.913. The van der Waals surface area contributed by atoms with Crippen LogP contribution in [0.4, 0.5) is 0 Å². The van der Waals surface area contributed by atoms with E-state index >= 15 is 0 Å². The van der Waals surface area contributed by atoms with Crippen LogP contribution < -0.4 is 0 Å². The van der Waals surface area contributed by atoms with Gasteiger partial charge in [0.25, 0.3) is 0 Å². The van der Waals surface area contributed by atoms with Gasteiger partial charge in [0.05, 0.1) is 27.2 Å². The van der Waals surface area contributed by atoms with Crippen LogP contribution in [0, 0.1) is 5.92 Å². The lowest BCUT2D eigenvalue weighted by Gasteiger charge is -2.26. The van der Waals surface area contributed by atoms with Gasteiger partial charge in [0.15, 0.2) is 0 Å². The first-order chi connectivity index (χ1) is 11.8. The normalized spacial score (nSPS) is 15.2. The van der Waals surface area contributed by atoms with E-state index in [0.717, 1.165) is 36.3 Å². The average molecular weight is 362 g/mol. The first-order valence-corrected chi connectivity index (χ1v) is 10.6. The fraction of sp³-hybridized carbons (Fsp3) is 1.00. The van der Waals surface area contributed by atoms with E-state index in [0.29, 0.717) is 13.2 Å². The maximum absolute atomic E-state index is 8.52. The molecule has 0 amide bonds. The van der Waals surface area contributed by atoms with Crippen molar-refractivity contribution in [3.63, 3.8) is 0 Å². The van der Waals surface area contributed by atoms with Crippen LogP contribution in [0.2, 0.25) is 0 Å². The lowest BCUT2D eigenvalue weighted by atomic mass is 10.1. The van der Waals surface area contributed by atoms with E-state index in [-0.39, 0.29) is 0 Å². The Morgan fingerprint density at radius 3 is 1.84 bits per heavy atom. The number of likely N-dealkylation sites (tertiary alicyclic amines) is 1. The van der Waals surface area contributed by atoms with Crippen LogP contribution in [0.3, 0.4) is 0 Å². The summed E-state index contributed by atoms with van der Waals surface area (Å²) in [5.41, 5.74) is 0. The van der Waals surface area contributed by atoms with Gasteiger partial charge >= 0.3 is 0 Å². The van der Waals surface area contributed by atoms with Crippen LogP contribution in [-0.2, 0) is 0 Å². The number of aliphatic hydroxyl groups excluding tert-OH is 2. The largest absolute Gasteiger partial charge is 0.396 e. The molecule has 0 saturated carbocycles. The van der Waals surface area contributed by atoms with Gasteiger partial charge < -0.3 is 19.6 Å². The summed E-state index contributed by atoms with van der Waals surface area (Å²) in [5.74, 6) is 0.743. The molecule has 0 radical (unpaired) electrons. The molecule has 4 nitrogen and oxygen atoms in total. The number of quaternary nitrogens is 1. The molecule has 1 heterocycles. The van der Waals surface area contributed by atoms with Crippen molar-refractivity contribution in [3.8, 4) is 0 Å². The molecule has 1 rings (SSSR count). The summed E-state index contributed by atoms with van der Waals surface area (Å²) >= 11 is 0. The van der Waals surface area contributed by atoms with Crippen molar-refractivity contribution >= 4 is 0 Å². The highest BCUT2D eigenvalue weighted by molar-refractivity contribution is 4.63. The van der Waals surface area contributed by atoms with Crippen LogP contribution in [-0.4, -0.2) is 79.6 Å². The Balaban J connectivity index is 0. The Morgan fingerprint density at radius 1 is 0.920 bits per heavy atom. The predicted molar refractivity (Wildman–Crippen MR) is 111 cm³/mol. The van der Waals surface area contributed by atoms with Gasteiger partial charge in [0.2, 0.25) is 0 Å². The van der Waals surface area contributed by atoms with E-state index in [1.54, 1.807) is 0 Å². The molecule has 2 N–H and O–H groups in total. The summed E-state index contributed by atoms with van der Waals surface area (Å²) in [6, 6.07) is 0. The van der Waals surface area contributed by atoms with Crippen molar-refractivity contribution < 1.29 is 14.7 Å². The average Bonchev–Trinajstić information content (AvgIpc) is 2.60. The standard InChI is InChI=1S/C9H19N.C6H16NO.C6H14O/c1-2-3-7-10-8-5-4-6-9-10;1-4-7(2,3)5-6-8;1-6(2)4-3-5-7/h2-9H2,1H3;8H,4-6H2,1-3H3;6-7H,3-5H2,1-2H3/q;+1;. The van der Waals surface area contributed by atoms with Crippen molar-refractivity contribution in [2.75, 3.05) is 60.0 Å². The summed E-state index contributed by atoms with van der Waals surface area (Å²) in [6.45, 7) is 15.4. The van der Waals surface area contributed by atoms with Gasteiger partial charge in [-0.05, 0) is 64.6 Å². The number of piperidine rings is 1. The molecule has 1 saturated heterocycles. The Morgan fingerprint density at radius 2 is 1.52 bits per heavy atom. The molecule has 0 spiro atoms. The number of hydrogen-bond donors (Lipinski definition) is 2. The van der Waals surface area contributed by atoms with Crippen molar-refractivity contribution in [2.24, 2.45) is 5.92 Å². The maximum atomic E-state index is 8.52. The van der Waals surface area contributed by atoms with Gasteiger partial charge in [0, 0.05) is 6.61 Å². The predicted octanol–water partition coefficient (Wildman–Crippen LogP) is 3.76. The van der Waals surface area contributed by atoms with E-state index in [4.69, 9.17) is 10.2 Å². The highest BCUT2D eigenvalue weighted by Crippen LogP contribution is 2.08. The Labute approximate surface area is 158 Å². The second kappa shape index (κ2) is 18.6. The van der Waals surface area contributed by atoms with Gasteiger partial charge in [-0.2, -0.15) is 0 Å². The topological polar surface area (TPSA) is 43.7 Å². The van der Waals surface area contributed by atoms with Crippen molar-refractivity contribution in [1.82, 2.24) is 4.90 Å². The molecule has 25 heavy (non-hydrogen) atoms. The van der Waals surface area contributed by atoms with Crippen LogP contribution in [0.15, 0.2) is 0 Å². The Kier molecular flexibility index (Phi) is 20.2. The number of nitrogens with zero attached hydrogens (tertiary/aromatic N) is 2. The zero-order chi connectivity index (χ0) is 19.6. The molecule has 154 valence electrons. The minimum atomic E-state index is 0.292. The lowest BCUT2D eigenvalue weighted by molar-refractivity contribution is -0.888. The maximum Gasteiger partial charge on any atom is 0.102 e. The molecule has 4 heteroatoms. The summed E-state index contributed by atoms with van der Waals surface area (Å²) in [4.78, 5) is 2.60. The molecule has 1 fully saturated rings. The molecule has 1 aliphatic heterocycles. The first-order valence-electron chi connectivity index (χ1n) is 10.6. The minimum absolute atomic E-state index is 0.292. The van der Waals surface area contributed by atoms with E-state index in [9.17, 15) is 0 Å². The third-order valence-electron chi connectivity index (χ3n) is 4.78. The van der Waals surface area contributed by atoms with Gasteiger partial charge in [-0.25, -0.2) is 0 Å². The third-order valence-corrected chi connectivity index (χ3v) is 4.78. The number of hydrogen-bond acceptors (Lipinski definition) is 3. The van der Waals surface area contributed by atoms with E-state index in [1.165, 1.54) is 51.7 Å². The SMILES string of the molecule is CC(C)CCCO.CCCCN1CCCCC1.CC[N+](C)(C)CCO. The first kappa shape index (κ1) is 27.1. The lowest BCUT2D eigenvalue weighted by Crippen LogP contribution is -2.41. The van der Waals surface area contributed by atoms with Crippen LogP contribution in [0.25, 0.3) is 0 Å². The third kappa shape index (κ3) is 21.8. The summed E-state index contributed by atoms with van der Waals surface area (Å²) in [6.07, 6.45) is 9.17. The van der Waals surface area contributed by atoms with Gasteiger partial charge in [-0.15, -0.1) is 0 Å². The Bertz CT molecular complexity index is 252. The number of rotatable bonds is 9. The molecular formula is C21H49N2O2+. The highest BCUT2D eigenvalue weighted by Gasteiger charge is 2.08. The zero-order valence-electron chi connectivity index (χ0n) is 18.3. The number of unbranched alkanes of at least 4 members (excludes halogenated alkanes) is 1. The molecular weight excluding hydrogens is 312 g/mol. The van der Waals surface area contributed by atoms with Gasteiger partial charge in [-0.1, -0.05) is 33.6 Å². The summed E-state index contributed by atoms with van der Waals surface area (Å²) in [5, 5.41) is 16.8. The fourth-order valence-electron chi connectivity index (χ4n) is 2.49. The zero-order valence-corrected chi connectivity index (χ0v) is 18.3. The molecule has 0 bridgehead atoms. The molecule has 1 aliphatic rings. The van der Waals surface area contributed by atoms with Crippen LogP contribution in [0.5, 0.6) is 0 Å². The second-order valence-corrected chi connectivity index (χ2v) is 8.21. The molecule has 0 atom stereocenters. The minimum Gasteiger partial charge on any atom is -0.396 e. The van der Waals surface area contributed by atoms with Crippen LogP contribution in [0.1, 0.15) is 72.6 Å². The highest BCUT2D eigenvalue weighted by atomic mass is 16.3. The van der Waals surface area contributed by atoms with Crippen LogP contribution >= 0.6 is 0 Å². The van der Waals surface area contributed by atoms with Crippen molar-refractivity contribution in [1.29, 1.82) is 0 Å². The van der Waals surface area contributed by atoms with Gasteiger partial charge in [0.1, 0.15) is 6.54 Å². The molecule has 0 aromatic carbocycles. The monoisotopic (exact) mass is 361 g/mol. The number of aliphatic hydroxyl groups is 2. The molecule has 0 aromatic rings. The van der Waals surface area contributed by atoms with E-state index in [2.05, 4.69) is 46.7 Å². The van der Waals surface area contributed by atoms with Gasteiger partial charge in [-0.3, -0.25) is 0 Å².